The first-order valence-corrected chi connectivity index (χ1v) is 10.1. The van der Waals surface area contributed by atoms with E-state index in [1.54, 1.807) is 6.92 Å². The fourth-order valence-corrected chi connectivity index (χ4v) is 3.60. The van der Waals surface area contributed by atoms with Crippen LogP contribution in [0.15, 0.2) is 0 Å². The van der Waals surface area contributed by atoms with E-state index in [0.29, 0.717) is 32.1 Å². The first-order valence-electron chi connectivity index (χ1n) is 8.50. The summed E-state index contributed by atoms with van der Waals surface area (Å²) in [6.07, 6.45) is 2.93. The van der Waals surface area contributed by atoms with Crippen LogP contribution in [0, 0.1) is 5.92 Å². The molecule has 26 heavy (non-hydrogen) atoms. The Bertz CT molecular complexity index is 550. The molecule has 0 aromatic carbocycles. The number of rotatable bonds is 12. The quantitative estimate of drug-likeness (QED) is 0.271. The predicted molar refractivity (Wildman–Crippen MR) is 101 cm³/mol. The summed E-state index contributed by atoms with van der Waals surface area (Å²) in [4.78, 5) is 25.4. The minimum atomic E-state index is -4.66. The second-order valence-electron chi connectivity index (χ2n) is 6.33. The molecule has 1 amide bonds. The molecule has 9 nitrogen and oxygen atoms in total. The third-order valence-electron chi connectivity index (χ3n) is 3.93. The lowest BCUT2D eigenvalue weighted by Crippen LogP contribution is -2.70. The van der Waals surface area contributed by atoms with Crippen LogP contribution in [-0.4, -0.2) is 52.4 Å². The topological polar surface area (TPSA) is 164 Å². The van der Waals surface area contributed by atoms with Gasteiger partial charge in [0, 0.05) is 5.92 Å². The summed E-state index contributed by atoms with van der Waals surface area (Å²) in [6, 6.07) is -1.86. The van der Waals surface area contributed by atoms with Crippen LogP contribution in [0.4, 0.5) is 0 Å². The van der Waals surface area contributed by atoms with Crippen LogP contribution in [0.5, 0.6) is 0 Å². The Labute approximate surface area is 161 Å². The van der Waals surface area contributed by atoms with Gasteiger partial charge in [0.2, 0.25) is 5.91 Å². The zero-order valence-electron chi connectivity index (χ0n) is 15.6. The van der Waals surface area contributed by atoms with Crippen molar-refractivity contribution in [1.29, 1.82) is 0 Å². The molecule has 1 atom stereocenters. The molecule has 0 bridgehead atoms. The molecule has 0 aliphatic carbocycles. The van der Waals surface area contributed by atoms with Gasteiger partial charge in [-0.2, -0.15) is 8.42 Å². The maximum absolute atomic E-state index is 13.0. The van der Waals surface area contributed by atoms with Crippen LogP contribution in [0.1, 0.15) is 59.3 Å². The number of carbonyl (C=O) groups is 2. The van der Waals surface area contributed by atoms with Crippen molar-refractivity contribution < 1.29 is 27.7 Å². The number of carbonyl (C=O) groups excluding carboxylic acids is 1. The molecule has 0 heterocycles. The zero-order chi connectivity index (χ0) is 19.8. The standard InChI is InChI=1S/C15H31N3O6S.ClH/c1-4-7-11(8-5-2)13(19)18(15(16,17)9-6-3)12(14(20)21)10-25(22,23)24;/h11-12H,4-10,16-17H2,1-3H3,(H,20,21)(H,22,23,24);1H. The van der Waals surface area contributed by atoms with Gasteiger partial charge in [0.25, 0.3) is 10.1 Å². The van der Waals surface area contributed by atoms with Gasteiger partial charge in [-0.05, 0) is 19.3 Å². The van der Waals surface area contributed by atoms with Gasteiger partial charge < -0.3 is 5.11 Å². The molecule has 0 rings (SSSR count). The summed E-state index contributed by atoms with van der Waals surface area (Å²) in [6.45, 7) is 5.53. The Balaban J connectivity index is 0. The number of carboxylic acids is 1. The molecular formula is C15H32ClN3O6S. The Morgan fingerprint density at radius 3 is 1.85 bits per heavy atom. The number of hydrogen-bond donors (Lipinski definition) is 4. The minimum absolute atomic E-state index is 0. The molecule has 0 saturated carbocycles. The summed E-state index contributed by atoms with van der Waals surface area (Å²) >= 11 is 0. The van der Waals surface area contributed by atoms with Gasteiger partial charge in [0.1, 0.15) is 17.6 Å². The van der Waals surface area contributed by atoms with E-state index in [1.807, 2.05) is 13.8 Å². The smallest absolute Gasteiger partial charge is 0.327 e. The first-order chi connectivity index (χ1) is 11.4. The highest BCUT2D eigenvalue weighted by atomic mass is 35.5. The molecule has 0 aromatic heterocycles. The largest absolute Gasteiger partial charge is 0.480 e. The molecule has 11 heteroatoms. The molecule has 1 unspecified atom stereocenters. The van der Waals surface area contributed by atoms with Crippen molar-refractivity contribution in [3.05, 3.63) is 0 Å². The predicted octanol–water partition coefficient (Wildman–Crippen LogP) is 1.17. The monoisotopic (exact) mass is 417 g/mol. The summed E-state index contributed by atoms with van der Waals surface area (Å²) in [5.74, 6) is -5.70. The highest BCUT2D eigenvalue weighted by Gasteiger charge is 2.44. The fraction of sp³-hybridized carbons (Fsp3) is 0.867. The van der Waals surface area contributed by atoms with E-state index in [9.17, 15) is 23.1 Å². The average Bonchev–Trinajstić information content (AvgIpc) is 2.44. The van der Waals surface area contributed by atoms with Crippen molar-refractivity contribution in [3.63, 3.8) is 0 Å². The molecule has 0 saturated heterocycles. The number of amides is 1. The third-order valence-corrected chi connectivity index (χ3v) is 4.66. The molecule has 0 aromatic rings. The number of hydrogen-bond acceptors (Lipinski definition) is 6. The lowest BCUT2D eigenvalue weighted by molar-refractivity contribution is -0.158. The van der Waals surface area contributed by atoms with Crippen LogP contribution in [0.25, 0.3) is 0 Å². The van der Waals surface area contributed by atoms with E-state index >= 15 is 0 Å². The lowest BCUT2D eigenvalue weighted by atomic mass is 9.94. The highest BCUT2D eigenvalue weighted by Crippen LogP contribution is 2.24. The van der Waals surface area contributed by atoms with Crippen molar-refractivity contribution in [2.45, 2.75) is 71.1 Å². The SMILES string of the molecule is CCCC(CCC)C(=O)N(C(CS(=O)(=O)O)C(=O)O)C(N)(N)CCC.Cl. The lowest BCUT2D eigenvalue weighted by Gasteiger charge is -2.42. The Kier molecular flexibility index (Phi) is 12.3. The first kappa shape index (κ1) is 27.3. The number of aliphatic carboxylic acids is 1. The molecule has 6 N–H and O–H groups in total. The van der Waals surface area contributed by atoms with Crippen molar-refractivity contribution in [2.75, 3.05) is 5.75 Å². The van der Waals surface area contributed by atoms with Crippen LogP contribution in [0.3, 0.4) is 0 Å². The van der Waals surface area contributed by atoms with Gasteiger partial charge >= 0.3 is 5.97 Å². The molecule has 0 aliphatic rings. The summed E-state index contributed by atoms with van der Waals surface area (Å²) in [7, 11) is -4.66. The second kappa shape index (κ2) is 11.7. The Morgan fingerprint density at radius 1 is 1.08 bits per heavy atom. The minimum Gasteiger partial charge on any atom is -0.480 e. The Hall–Kier alpha value is -0.940. The molecule has 0 spiro atoms. The maximum atomic E-state index is 13.0. The fourth-order valence-electron chi connectivity index (χ4n) is 2.91. The summed E-state index contributed by atoms with van der Waals surface area (Å²) in [5, 5.41) is 9.45. The molecule has 156 valence electrons. The number of halogens is 1. The second-order valence-corrected chi connectivity index (χ2v) is 7.82. The van der Waals surface area contributed by atoms with E-state index in [0.717, 1.165) is 4.90 Å². The zero-order valence-corrected chi connectivity index (χ0v) is 17.2. The highest BCUT2D eigenvalue weighted by molar-refractivity contribution is 7.85. The van der Waals surface area contributed by atoms with E-state index < -0.39 is 45.5 Å². The van der Waals surface area contributed by atoms with Gasteiger partial charge in [0.15, 0.2) is 0 Å². The molecule has 0 aliphatic heterocycles. The van der Waals surface area contributed by atoms with E-state index in [2.05, 4.69) is 0 Å². The molecule has 0 radical (unpaired) electrons. The molecular weight excluding hydrogens is 386 g/mol. The van der Waals surface area contributed by atoms with Gasteiger partial charge in [-0.25, -0.2) is 4.79 Å². The van der Waals surface area contributed by atoms with Crippen molar-refractivity contribution in [2.24, 2.45) is 17.4 Å². The number of carboxylic acid groups (broad SMARTS) is 1. The third kappa shape index (κ3) is 8.63. The average molecular weight is 418 g/mol. The van der Waals surface area contributed by atoms with Gasteiger partial charge in [0.05, 0.1) is 0 Å². The van der Waals surface area contributed by atoms with Gasteiger partial charge in [-0.3, -0.25) is 25.7 Å². The maximum Gasteiger partial charge on any atom is 0.327 e. The van der Waals surface area contributed by atoms with E-state index in [-0.39, 0.29) is 18.8 Å². The van der Waals surface area contributed by atoms with Crippen LogP contribution in [0.2, 0.25) is 0 Å². The summed E-state index contributed by atoms with van der Waals surface area (Å²) < 4.78 is 31.6. The molecule has 0 fully saturated rings. The van der Waals surface area contributed by atoms with E-state index in [4.69, 9.17) is 16.0 Å². The normalized spacial score (nSPS) is 13.2. The van der Waals surface area contributed by atoms with E-state index in [1.165, 1.54) is 0 Å². The van der Waals surface area contributed by atoms with Crippen molar-refractivity contribution in [1.82, 2.24) is 4.90 Å². The van der Waals surface area contributed by atoms with Gasteiger partial charge in [-0.15, -0.1) is 12.4 Å². The van der Waals surface area contributed by atoms with Crippen molar-refractivity contribution in [3.8, 4) is 0 Å². The van der Waals surface area contributed by atoms with Crippen LogP contribution in [-0.2, 0) is 19.7 Å². The van der Waals surface area contributed by atoms with Crippen LogP contribution >= 0.6 is 12.4 Å². The number of nitrogens with zero attached hydrogens (tertiary/aromatic N) is 1. The van der Waals surface area contributed by atoms with Gasteiger partial charge in [-0.1, -0.05) is 40.0 Å². The summed E-state index contributed by atoms with van der Waals surface area (Å²) in [5.41, 5.74) is 12.0. The Morgan fingerprint density at radius 2 is 1.54 bits per heavy atom. The number of nitrogens with two attached hydrogens (primary N) is 2. The van der Waals surface area contributed by atoms with Crippen molar-refractivity contribution >= 4 is 34.4 Å². The van der Waals surface area contributed by atoms with Crippen LogP contribution < -0.4 is 11.5 Å².